The Bertz CT molecular complexity index is 526. The topological polar surface area (TPSA) is 77.8 Å². The third-order valence-corrected chi connectivity index (χ3v) is 2.61. The third-order valence-electron chi connectivity index (χ3n) is 2.61. The zero-order chi connectivity index (χ0) is 12.6. The summed E-state index contributed by atoms with van der Waals surface area (Å²) in [5.41, 5.74) is 8.34. The van der Waals surface area contributed by atoms with Crippen molar-refractivity contribution >= 4 is 5.82 Å². The standard InChI is InChI=1S/C12H16N4O/c1-6(2)9-5-10(13)15-12(14-9)11-7(3)16-17-8(11)4/h5-6H,1-4H3,(H2,13,14,15). The van der Waals surface area contributed by atoms with Crippen LogP contribution in [0.15, 0.2) is 10.6 Å². The van der Waals surface area contributed by atoms with Gasteiger partial charge in [-0.2, -0.15) is 0 Å². The molecule has 90 valence electrons. The first-order valence-corrected chi connectivity index (χ1v) is 5.56. The summed E-state index contributed by atoms with van der Waals surface area (Å²) in [5, 5.41) is 3.90. The van der Waals surface area contributed by atoms with Crippen molar-refractivity contribution in [2.45, 2.75) is 33.6 Å². The average Bonchev–Trinajstić information content (AvgIpc) is 2.57. The number of anilines is 1. The molecule has 5 heteroatoms. The summed E-state index contributed by atoms with van der Waals surface area (Å²) in [7, 11) is 0. The summed E-state index contributed by atoms with van der Waals surface area (Å²) in [5.74, 6) is 2.07. The second kappa shape index (κ2) is 4.16. The van der Waals surface area contributed by atoms with E-state index in [9.17, 15) is 0 Å². The van der Waals surface area contributed by atoms with Crippen LogP contribution >= 0.6 is 0 Å². The van der Waals surface area contributed by atoms with Crippen LogP contribution in [0.4, 0.5) is 5.82 Å². The molecule has 2 rings (SSSR count). The van der Waals surface area contributed by atoms with Crippen LogP contribution < -0.4 is 5.73 Å². The van der Waals surface area contributed by atoms with Gasteiger partial charge in [0.15, 0.2) is 5.82 Å². The third kappa shape index (κ3) is 2.13. The van der Waals surface area contributed by atoms with Crippen molar-refractivity contribution in [3.05, 3.63) is 23.2 Å². The Morgan fingerprint density at radius 3 is 2.47 bits per heavy atom. The van der Waals surface area contributed by atoms with Crippen LogP contribution in [0.1, 0.15) is 36.9 Å². The predicted octanol–water partition coefficient (Wildman–Crippen LogP) is 2.45. The van der Waals surface area contributed by atoms with Gasteiger partial charge in [-0.15, -0.1) is 0 Å². The normalized spacial score (nSPS) is 11.1. The van der Waals surface area contributed by atoms with E-state index >= 15 is 0 Å². The molecule has 0 spiro atoms. The summed E-state index contributed by atoms with van der Waals surface area (Å²) in [6.45, 7) is 7.85. The maximum absolute atomic E-state index is 5.80. The lowest BCUT2D eigenvalue weighted by Gasteiger charge is -2.07. The lowest BCUT2D eigenvalue weighted by molar-refractivity contribution is 0.393. The predicted molar refractivity (Wildman–Crippen MR) is 65.5 cm³/mol. The Morgan fingerprint density at radius 2 is 1.94 bits per heavy atom. The Labute approximate surface area is 100 Å². The van der Waals surface area contributed by atoms with E-state index in [0.29, 0.717) is 23.3 Å². The Kier molecular flexibility index (Phi) is 2.83. The van der Waals surface area contributed by atoms with Crippen LogP contribution in [0.2, 0.25) is 0 Å². The van der Waals surface area contributed by atoms with Gasteiger partial charge in [-0.05, 0) is 19.8 Å². The van der Waals surface area contributed by atoms with Crippen LogP contribution in [-0.2, 0) is 0 Å². The molecule has 0 saturated heterocycles. The monoisotopic (exact) mass is 232 g/mol. The van der Waals surface area contributed by atoms with Gasteiger partial charge < -0.3 is 10.3 Å². The van der Waals surface area contributed by atoms with Crippen LogP contribution in [0.25, 0.3) is 11.4 Å². The average molecular weight is 232 g/mol. The fraction of sp³-hybridized carbons (Fsp3) is 0.417. The molecule has 0 saturated carbocycles. The number of hydrogen-bond acceptors (Lipinski definition) is 5. The summed E-state index contributed by atoms with van der Waals surface area (Å²) in [6, 6.07) is 1.80. The number of aryl methyl sites for hydroxylation is 2. The van der Waals surface area contributed by atoms with Gasteiger partial charge in [0.05, 0.1) is 11.3 Å². The molecule has 0 atom stereocenters. The highest BCUT2D eigenvalue weighted by atomic mass is 16.5. The maximum Gasteiger partial charge on any atom is 0.167 e. The molecule has 2 aromatic heterocycles. The van der Waals surface area contributed by atoms with Crippen LogP contribution in [-0.4, -0.2) is 15.1 Å². The van der Waals surface area contributed by atoms with E-state index in [0.717, 1.165) is 17.0 Å². The molecule has 0 aromatic carbocycles. The SMILES string of the molecule is Cc1noc(C)c1-c1nc(N)cc(C(C)C)n1. The minimum atomic E-state index is 0.305. The highest BCUT2D eigenvalue weighted by molar-refractivity contribution is 5.61. The summed E-state index contributed by atoms with van der Waals surface area (Å²) in [6.07, 6.45) is 0. The lowest BCUT2D eigenvalue weighted by atomic mass is 10.1. The van der Waals surface area contributed by atoms with E-state index in [4.69, 9.17) is 10.3 Å². The minimum Gasteiger partial charge on any atom is -0.384 e. The summed E-state index contributed by atoms with van der Waals surface area (Å²) < 4.78 is 5.12. The lowest BCUT2D eigenvalue weighted by Crippen LogP contribution is -2.02. The first-order chi connectivity index (χ1) is 7.99. The molecule has 5 nitrogen and oxygen atoms in total. The van der Waals surface area contributed by atoms with Gasteiger partial charge in [0.2, 0.25) is 0 Å². The molecule has 2 aromatic rings. The van der Waals surface area contributed by atoms with Crippen molar-refractivity contribution < 1.29 is 4.52 Å². The van der Waals surface area contributed by atoms with Gasteiger partial charge in [-0.3, -0.25) is 0 Å². The first kappa shape index (κ1) is 11.6. The van der Waals surface area contributed by atoms with E-state index in [1.807, 2.05) is 13.8 Å². The van der Waals surface area contributed by atoms with E-state index in [1.165, 1.54) is 0 Å². The zero-order valence-corrected chi connectivity index (χ0v) is 10.5. The van der Waals surface area contributed by atoms with Crippen LogP contribution in [0.3, 0.4) is 0 Å². The number of nitrogens with two attached hydrogens (primary N) is 1. The van der Waals surface area contributed by atoms with Crippen molar-refractivity contribution in [1.82, 2.24) is 15.1 Å². The molecule has 0 aliphatic rings. The van der Waals surface area contributed by atoms with Gasteiger partial charge in [0, 0.05) is 11.8 Å². The highest BCUT2D eigenvalue weighted by Gasteiger charge is 2.16. The van der Waals surface area contributed by atoms with E-state index in [-0.39, 0.29) is 0 Å². The largest absolute Gasteiger partial charge is 0.384 e. The maximum atomic E-state index is 5.80. The number of nitrogen functional groups attached to an aromatic ring is 1. The van der Waals surface area contributed by atoms with Crippen molar-refractivity contribution in [3.8, 4) is 11.4 Å². The molecule has 2 heterocycles. The van der Waals surface area contributed by atoms with Gasteiger partial charge in [-0.1, -0.05) is 19.0 Å². The van der Waals surface area contributed by atoms with Crippen LogP contribution in [0, 0.1) is 13.8 Å². The molecule has 0 bridgehead atoms. The number of rotatable bonds is 2. The molecule has 0 amide bonds. The fourth-order valence-corrected chi connectivity index (χ4v) is 1.70. The smallest absolute Gasteiger partial charge is 0.167 e. The number of nitrogens with zero attached hydrogens (tertiary/aromatic N) is 3. The first-order valence-electron chi connectivity index (χ1n) is 5.56. The van der Waals surface area contributed by atoms with Crippen LogP contribution in [0.5, 0.6) is 0 Å². The quantitative estimate of drug-likeness (QED) is 0.860. The van der Waals surface area contributed by atoms with Crippen molar-refractivity contribution in [3.63, 3.8) is 0 Å². The molecular formula is C12H16N4O. The van der Waals surface area contributed by atoms with Crippen molar-refractivity contribution in [2.24, 2.45) is 0 Å². The summed E-state index contributed by atoms with van der Waals surface area (Å²) >= 11 is 0. The Balaban J connectivity index is 2.60. The molecule has 0 radical (unpaired) electrons. The second-order valence-corrected chi connectivity index (χ2v) is 4.40. The highest BCUT2D eigenvalue weighted by Crippen LogP contribution is 2.26. The van der Waals surface area contributed by atoms with Gasteiger partial charge in [0.25, 0.3) is 0 Å². The second-order valence-electron chi connectivity index (χ2n) is 4.40. The molecule has 0 unspecified atom stereocenters. The van der Waals surface area contributed by atoms with Crippen molar-refractivity contribution in [1.29, 1.82) is 0 Å². The molecule has 17 heavy (non-hydrogen) atoms. The molecule has 0 fully saturated rings. The molecular weight excluding hydrogens is 216 g/mol. The molecule has 0 aliphatic heterocycles. The van der Waals surface area contributed by atoms with E-state index in [2.05, 4.69) is 29.0 Å². The zero-order valence-electron chi connectivity index (χ0n) is 10.5. The van der Waals surface area contributed by atoms with E-state index < -0.39 is 0 Å². The number of aromatic nitrogens is 3. The van der Waals surface area contributed by atoms with E-state index in [1.54, 1.807) is 6.07 Å². The Morgan fingerprint density at radius 1 is 1.24 bits per heavy atom. The van der Waals surface area contributed by atoms with Crippen molar-refractivity contribution in [2.75, 3.05) is 5.73 Å². The van der Waals surface area contributed by atoms with Gasteiger partial charge >= 0.3 is 0 Å². The molecule has 0 aliphatic carbocycles. The number of hydrogen-bond donors (Lipinski definition) is 1. The summed E-state index contributed by atoms with van der Waals surface area (Å²) in [4.78, 5) is 8.75. The minimum absolute atomic E-state index is 0.305. The van der Waals surface area contributed by atoms with Gasteiger partial charge in [0.1, 0.15) is 11.6 Å². The molecule has 2 N–H and O–H groups in total. The Hall–Kier alpha value is -1.91. The fourth-order valence-electron chi connectivity index (χ4n) is 1.70. The van der Waals surface area contributed by atoms with Gasteiger partial charge in [-0.25, -0.2) is 9.97 Å².